The molecule has 0 aromatic rings. The molecule has 3 aliphatic rings. The molecule has 3 rings (SSSR count). The van der Waals surface area contributed by atoms with Crippen molar-refractivity contribution in [2.45, 2.75) is 32.1 Å². The number of thioether (sulfide) groups is 1. The lowest BCUT2D eigenvalue weighted by molar-refractivity contribution is -0.140. The first-order chi connectivity index (χ1) is 9.12. The van der Waals surface area contributed by atoms with E-state index in [1.54, 1.807) is 0 Å². The first-order valence-electron chi connectivity index (χ1n) is 7.22. The van der Waals surface area contributed by atoms with E-state index in [-0.39, 0.29) is 17.3 Å². The number of carbonyl (C=O) groups is 2. The average molecular weight is 283 g/mol. The van der Waals surface area contributed by atoms with Gasteiger partial charge in [-0.2, -0.15) is 11.8 Å². The number of nitrogens with zero attached hydrogens (tertiary/aromatic N) is 1. The van der Waals surface area contributed by atoms with Gasteiger partial charge in [-0.1, -0.05) is 0 Å². The largest absolute Gasteiger partial charge is 0.481 e. The van der Waals surface area contributed by atoms with E-state index in [4.69, 9.17) is 5.11 Å². The first-order valence-corrected chi connectivity index (χ1v) is 8.37. The predicted octanol–water partition coefficient (Wildman–Crippen LogP) is 1.84. The maximum Gasteiger partial charge on any atom is 0.307 e. The van der Waals surface area contributed by atoms with Crippen molar-refractivity contribution in [2.24, 2.45) is 17.3 Å². The van der Waals surface area contributed by atoms with Gasteiger partial charge in [-0.25, -0.2) is 0 Å². The van der Waals surface area contributed by atoms with Crippen LogP contribution in [0.5, 0.6) is 0 Å². The number of amides is 1. The van der Waals surface area contributed by atoms with Gasteiger partial charge in [0.05, 0.1) is 5.92 Å². The molecule has 1 aliphatic carbocycles. The third-order valence-electron chi connectivity index (χ3n) is 5.13. The van der Waals surface area contributed by atoms with Crippen molar-refractivity contribution in [3.8, 4) is 0 Å². The van der Waals surface area contributed by atoms with Crippen molar-refractivity contribution in [2.75, 3.05) is 24.6 Å². The topological polar surface area (TPSA) is 57.6 Å². The highest BCUT2D eigenvalue weighted by molar-refractivity contribution is 7.99. The van der Waals surface area contributed by atoms with Gasteiger partial charge in [-0.15, -0.1) is 0 Å². The summed E-state index contributed by atoms with van der Waals surface area (Å²) in [6.45, 7) is 1.54. The molecule has 19 heavy (non-hydrogen) atoms. The van der Waals surface area contributed by atoms with Gasteiger partial charge in [0, 0.05) is 19.0 Å². The Morgan fingerprint density at radius 3 is 2.32 bits per heavy atom. The van der Waals surface area contributed by atoms with Crippen LogP contribution in [0, 0.1) is 17.3 Å². The van der Waals surface area contributed by atoms with Crippen LogP contribution in [0.3, 0.4) is 0 Å². The van der Waals surface area contributed by atoms with E-state index in [1.807, 2.05) is 16.7 Å². The molecule has 0 radical (unpaired) electrons. The maximum absolute atomic E-state index is 12.4. The molecule has 106 valence electrons. The lowest BCUT2D eigenvalue weighted by atomic mass is 9.89. The minimum atomic E-state index is -0.649. The van der Waals surface area contributed by atoms with Crippen molar-refractivity contribution in [1.29, 1.82) is 0 Å². The number of aliphatic carboxylic acids is 1. The van der Waals surface area contributed by atoms with Crippen molar-refractivity contribution in [1.82, 2.24) is 4.90 Å². The lowest BCUT2D eigenvalue weighted by Gasteiger charge is -2.35. The summed E-state index contributed by atoms with van der Waals surface area (Å²) >= 11 is 1.94. The van der Waals surface area contributed by atoms with Crippen molar-refractivity contribution in [3.63, 3.8) is 0 Å². The normalized spacial score (nSPS) is 30.3. The summed E-state index contributed by atoms with van der Waals surface area (Å²) in [5.41, 5.74) is 0.0328. The second-order valence-electron chi connectivity index (χ2n) is 6.17. The maximum atomic E-state index is 12.4. The summed E-state index contributed by atoms with van der Waals surface area (Å²) in [6.07, 6.45) is 4.63. The molecule has 2 aliphatic heterocycles. The highest BCUT2D eigenvalue weighted by atomic mass is 32.2. The minimum Gasteiger partial charge on any atom is -0.481 e. The van der Waals surface area contributed by atoms with Crippen molar-refractivity contribution >= 4 is 23.6 Å². The molecule has 2 heterocycles. The van der Waals surface area contributed by atoms with Gasteiger partial charge in [-0.05, 0) is 49.0 Å². The Hall–Kier alpha value is -0.710. The Labute approximate surface area is 117 Å². The second kappa shape index (κ2) is 5.00. The van der Waals surface area contributed by atoms with E-state index in [0.717, 1.165) is 56.7 Å². The molecule has 1 atom stereocenters. The molecule has 1 spiro atoms. The molecule has 5 heteroatoms. The number of carboxylic acid groups (broad SMARTS) is 1. The number of hydrogen-bond acceptors (Lipinski definition) is 3. The lowest BCUT2D eigenvalue weighted by Crippen LogP contribution is -2.43. The third-order valence-corrected chi connectivity index (χ3v) is 6.18. The summed E-state index contributed by atoms with van der Waals surface area (Å²) in [6, 6.07) is 0. The molecular formula is C14H21NO3S. The SMILES string of the molecule is O=C(O)C1CC12CCN(C(=O)C1CCSCC1)CC2. The summed E-state index contributed by atoms with van der Waals surface area (Å²) < 4.78 is 0. The Morgan fingerprint density at radius 1 is 1.16 bits per heavy atom. The van der Waals surface area contributed by atoms with Gasteiger partial charge in [0.2, 0.25) is 5.91 Å². The summed E-state index contributed by atoms with van der Waals surface area (Å²) in [7, 11) is 0. The number of rotatable bonds is 2. The number of likely N-dealkylation sites (tertiary alicyclic amines) is 1. The molecular weight excluding hydrogens is 262 g/mol. The predicted molar refractivity (Wildman–Crippen MR) is 74.0 cm³/mol. The molecule has 4 nitrogen and oxygen atoms in total. The number of carbonyl (C=O) groups excluding carboxylic acids is 1. The quantitative estimate of drug-likeness (QED) is 0.840. The summed E-state index contributed by atoms with van der Waals surface area (Å²) in [5, 5.41) is 9.07. The van der Waals surface area contributed by atoms with Crippen LogP contribution in [0.15, 0.2) is 0 Å². The van der Waals surface area contributed by atoms with Gasteiger partial charge < -0.3 is 10.0 Å². The molecule has 3 fully saturated rings. The zero-order valence-electron chi connectivity index (χ0n) is 11.1. The number of carboxylic acids is 1. The smallest absolute Gasteiger partial charge is 0.307 e. The zero-order chi connectivity index (χ0) is 13.5. The van der Waals surface area contributed by atoms with Crippen LogP contribution in [0.25, 0.3) is 0 Å². The molecule has 1 saturated carbocycles. The second-order valence-corrected chi connectivity index (χ2v) is 7.39. The highest BCUT2D eigenvalue weighted by Gasteiger charge is 2.59. The first kappa shape index (κ1) is 13.3. The Bertz CT molecular complexity index is 384. The van der Waals surface area contributed by atoms with Crippen LogP contribution in [0.1, 0.15) is 32.1 Å². The van der Waals surface area contributed by atoms with Gasteiger partial charge in [0.25, 0.3) is 0 Å². The van der Waals surface area contributed by atoms with E-state index >= 15 is 0 Å². The van der Waals surface area contributed by atoms with Gasteiger partial charge in [-0.3, -0.25) is 9.59 Å². The van der Waals surface area contributed by atoms with E-state index in [1.165, 1.54) is 0 Å². The fourth-order valence-electron chi connectivity index (χ4n) is 3.62. The van der Waals surface area contributed by atoms with E-state index < -0.39 is 5.97 Å². The van der Waals surface area contributed by atoms with Gasteiger partial charge in [0.1, 0.15) is 0 Å². The monoisotopic (exact) mass is 283 g/mol. The van der Waals surface area contributed by atoms with Gasteiger partial charge >= 0.3 is 5.97 Å². The molecule has 0 aromatic carbocycles. The van der Waals surface area contributed by atoms with Crippen LogP contribution < -0.4 is 0 Å². The van der Waals surface area contributed by atoms with Gasteiger partial charge in [0.15, 0.2) is 0 Å². The Morgan fingerprint density at radius 2 is 1.79 bits per heavy atom. The standard InChI is InChI=1S/C14H21NO3S/c16-12(10-1-7-19-8-2-10)15-5-3-14(4-6-15)9-11(14)13(17)18/h10-11H,1-9H2,(H,17,18). The van der Waals surface area contributed by atoms with E-state index in [9.17, 15) is 9.59 Å². The number of piperidine rings is 1. The average Bonchev–Trinajstić information content (AvgIpc) is 3.14. The molecule has 1 N–H and O–H groups in total. The molecule has 1 amide bonds. The summed E-state index contributed by atoms with van der Waals surface area (Å²) in [4.78, 5) is 25.4. The Balaban J connectivity index is 1.53. The van der Waals surface area contributed by atoms with Crippen LogP contribution in [-0.2, 0) is 9.59 Å². The molecule has 0 aromatic heterocycles. The van der Waals surface area contributed by atoms with Crippen molar-refractivity contribution < 1.29 is 14.7 Å². The molecule has 2 saturated heterocycles. The van der Waals surface area contributed by atoms with E-state index in [2.05, 4.69) is 0 Å². The fourth-order valence-corrected chi connectivity index (χ4v) is 4.73. The van der Waals surface area contributed by atoms with Crippen LogP contribution >= 0.6 is 11.8 Å². The third kappa shape index (κ3) is 2.49. The summed E-state index contributed by atoms with van der Waals surface area (Å²) in [5.74, 6) is 1.97. The minimum absolute atomic E-state index is 0.0328. The molecule has 1 unspecified atom stereocenters. The number of hydrogen-bond donors (Lipinski definition) is 1. The highest BCUT2D eigenvalue weighted by Crippen LogP contribution is 2.59. The molecule has 0 bridgehead atoms. The Kier molecular flexibility index (Phi) is 3.50. The van der Waals surface area contributed by atoms with Crippen LogP contribution in [0.2, 0.25) is 0 Å². The fraction of sp³-hybridized carbons (Fsp3) is 0.857. The van der Waals surface area contributed by atoms with Crippen molar-refractivity contribution in [3.05, 3.63) is 0 Å². The van der Waals surface area contributed by atoms with Crippen LogP contribution in [-0.4, -0.2) is 46.5 Å². The van der Waals surface area contributed by atoms with E-state index in [0.29, 0.717) is 5.91 Å². The zero-order valence-corrected chi connectivity index (χ0v) is 12.0. The van der Waals surface area contributed by atoms with Crippen LogP contribution in [0.4, 0.5) is 0 Å².